The summed E-state index contributed by atoms with van der Waals surface area (Å²) >= 11 is 0. The van der Waals surface area contributed by atoms with Crippen LogP contribution in [0.5, 0.6) is 0 Å². The number of aromatic nitrogens is 2. The maximum atomic E-state index is 10.7. The van der Waals surface area contributed by atoms with Gasteiger partial charge in [0.1, 0.15) is 12.0 Å². The zero-order valence-corrected chi connectivity index (χ0v) is 25.2. The molecule has 0 amide bonds. The fraction of sp³-hybridized carbons (Fsp3) is 0.333. The minimum Gasteiger partial charge on any atom is -0.741 e. The molecule has 4 bridgehead atoms. The van der Waals surface area contributed by atoms with Crippen LogP contribution in [-0.4, -0.2) is 84.6 Å². The molecule has 1 aliphatic rings. The van der Waals surface area contributed by atoms with Crippen LogP contribution in [0, 0.1) is 0 Å². The van der Waals surface area contributed by atoms with Crippen LogP contribution in [0.2, 0.25) is 0 Å². The van der Waals surface area contributed by atoms with Gasteiger partial charge in [-0.1, -0.05) is 12.1 Å². The van der Waals surface area contributed by atoms with Crippen LogP contribution in [0.4, 0.5) is 32.2 Å². The minimum atomic E-state index is -6.09. The van der Waals surface area contributed by atoms with Gasteiger partial charge in [-0.15, -0.1) is 0 Å². The number of nitrogens with zero attached hydrogens (tertiary/aromatic N) is 5. The van der Waals surface area contributed by atoms with Crippen LogP contribution in [0.3, 0.4) is 0 Å². The molecule has 1 aliphatic heterocycles. The zero-order chi connectivity index (χ0) is 30.1. The Morgan fingerprint density at radius 2 is 1.37 bits per heavy atom. The van der Waals surface area contributed by atoms with Gasteiger partial charge in [-0.2, -0.15) is 31.4 Å². The summed E-state index contributed by atoms with van der Waals surface area (Å²) in [6.07, 6.45) is 2.52. The number of aliphatic hydroxyl groups excluding tert-OH is 1. The number of rotatable bonds is 0. The molecule has 0 radical (unpaired) electrons. The van der Waals surface area contributed by atoms with Crippen LogP contribution in [0.25, 0.3) is 0 Å². The van der Waals surface area contributed by atoms with Crippen molar-refractivity contribution in [3.8, 4) is 0 Å². The molecule has 0 unspecified atom stereocenters. The molecule has 41 heavy (non-hydrogen) atoms. The van der Waals surface area contributed by atoms with Crippen LogP contribution >= 0.6 is 0 Å². The van der Waals surface area contributed by atoms with E-state index in [0.717, 1.165) is 11.5 Å². The van der Waals surface area contributed by atoms with Crippen molar-refractivity contribution in [2.24, 2.45) is 10.1 Å². The topological polar surface area (TPSA) is 233 Å². The summed E-state index contributed by atoms with van der Waals surface area (Å²) in [6, 6.07) is 11.1. The van der Waals surface area contributed by atoms with E-state index in [1.165, 1.54) is 0 Å². The van der Waals surface area contributed by atoms with E-state index in [1.807, 2.05) is 37.4 Å². The molecule has 0 saturated carbocycles. The molecule has 23 heteroatoms. The maximum absolute atomic E-state index is 10.7. The van der Waals surface area contributed by atoms with Crippen molar-refractivity contribution in [3.63, 3.8) is 0 Å². The third-order valence-electron chi connectivity index (χ3n) is 3.89. The number of hydrogen-bond acceptors (Lipinski definition) is 13. The van der Waals surface area contributed by atoms with E-state index in [0.29, 0.717) is 24.5 Å². The summed E-state index contributed by atoms with van der Waals surface area (Å²) in [6.45, 7) is 1.08. The normalized spacial score (nSPS) is 16.5. The molecular weight excluding hydrogens is 672 g/mol. The quantitative estimate of drug-likeness (QED) is 0.124. The number of aliphatic hydroxyl groups is 1. The molecule has 226 valence electrons. The smallest absolute Gasteiger partial charge is 0.741 e. The number of pyridine rings is 2. The Morgan fingerprint density at radius 1 is 0.902 bits per heavy atom. The van der Waals surface area contributed by atoms with Crippen LogP contribution in [-0.2, 0) is 45.2 Å². The molecule has 2 aromatic rings. The van der Waals surface area contributed by atoms with E-state index in [9.17, 15) is 31.4 Å². The molecule has 0 fully saturated rings. The van der Waals surface area contributed by atoms with Crippen molar-refractivity contribution in [2.75, 3.05) is 25.1 Å². The third-order valence-corrected chi connectivity index (χ3v) is 5.03. The molecule has 3 heterocycles. The third kappa shape index (κ3) is 14.7. The monoisotopic (exact) mass is 691 g/mol. The second kappa shape index (κ2) is 16.7. The van der Waals surface area contributed by atoms with Gasteiger partial charge in [0, 0.05) is 19.8 Å². The van der Waals surface area contributed by atoms with E-state index in [-0.39, 0.29) is 25.0 Å². The van der Waals surface area contributed by atoms with Gasteiger partial charge in [-0.25, -0.2) is 26.8 Å². The SMILES string of the molecule is CN1/N=C/c2cccc(n2)[C@H](O)NCCN=Cc2cccc1n2.O=S(=O)([O-])C(F)(F)F.O=S(=O)([O-])C(F)(F)F.[OH3+].[Zn+2]. The second-order valence-corrected chi connectivity index (χ2v) is 9.61. The number of hydrogen-bond donors (Lipinski definition) is 2. The Labute approximate surface area is 241 Å². The van der Waals surface area contributed by atoms with Crippen molar-refractivity contribution in [1.82, 2.24) is 15.3 Å². The number of alkyl halides is 6. The number of hydrazone groups is 1. The molecule has 2 aromatic heterocycles. The Hall–Kier alpha value is -2.66. The first-order valence-electron chi connectivity index (χ1n) is 9.89. The molecule has 0 aliphatic carbocycles. The van der Waals surface area contributed by atoms with Gasteiger partial charge in [0.15, 0.2) is 20.2 Å². The predicted molar refractivity (Wildman–Crippen MR) is 126 cm³/mol. The number of anilines is 1. The number of fused-ring (bicyclic) bond motifs is 4. The summed E-state index contributed by atoms with van der Waals surface area (Å²) in [7, 11) is -10.4. The Bertz CT molecular complexity index is 1340. The molecule has 1 atom stereocenters. The van der Waals surface area contributed by atoms with E-state index >= 15 is 0 Å². The summed E-state index contributed by atoms with van der Waals surface area (Å²) in [5, 5.41) is 19.1. The maximum Gasteiger partial charge on any atom is 2.00 e. The van der Waals surface area contributed by atoms with E-state index in [4.69, 9.17) is 25.9 Å². The van der Waals surface area contributed by atoms with Gasteiger partial charge in [-0.3, -0.25) is 15.3 Å². The van der Waals surface area contributed by atoms with Crippen molar-refractivity contribution >= 4 is 38.5 Å². The molecule has 0 spiro atoms. The minimum absolute atomic E-state index is 0. The first kappa shape index (κ1) is 40.5. The second-order valence-electron chi connectivity index (χ2n) is 6.87. The van der Waals surface area contributed by atoms with Crippen molar-refractivity contribution in [2.45, 2.75) is 17.2 Å². The first-order valence-corrected chi connectivity index (χ1v) is 12.7. The fourth-order valence-electron chi connectivity index (χ4n) is 2.12. The van der Waals surface area contributed by atoms with Crippen LogP contribution in [0.1, 0.15) is 23.3 Å². The molecular formula is C18H21F6N6O8S2Zn+. The summed E-state index contributed by atoms with van der Waals surface area (Å²) in [5.74, 6) is 0.717. The zero-order valence-electron chi connectivity index (χ0n) is 20.6. The molecule has 0 aromatic carbocycles. The van der Waals surface area contributed by atoms with Gasteiger partial charge in [-0.05, 0) is 24.3 Å². The van der Waals surface area contributed by atoms with Gasteiger partial charge >= 0.3 is 30.5 Å². The van der Waals surface area contributed by atoms with Crippen molar-refractivity contribution in [3.05, 3.63) is 53.5 Å². The number of aliphatic imine (C=N–C) groups is 1. The molecule has 0 saturated heterocycles. The first-order chi connectivity index (χ1) is 17.7. The standard InChI is InChI=1S/C16H18N6O.2CHF3O3S.H2O.Zn/c1-22-15-7-3-5-12(21-15)10-17-8-9-18-16(23)14-6-2-4-13(20-14)11-19-22;2*2-1(3,4)8(5,6)7;;/h2-7,10-11,16,18,23H,8-9H2,1H3;2*(H,5,6,7);1H2;/q;;;;+2/p-1/b17-10?,19-11+;;;;/t16-;;;;/m0..../s1. The molecule has 5 N–H and O–H groups in total. The largest absolute Gasteiger partial charge is 2.00 e. The number of halogens is 6. The van der Waals surface area contributed by atoms with Gasteiger partial charge < -0.3 is 19.7 Å². The average Bonchev–Trinajstić information content (AvgIpc) is 2.80. The Morgan fingerprint density at radius 3 is 1.85 bits per heavy atom. The van der Waals surface area contributed by atoms with E-state index < -0.39 is 37.5 Å². The van der Waals surface area contributed by atoms with E-state index in [1.54, 1.807) is 23.5 Å². The number of nitrogens with one attached hydrogen (secondary N) is 1. The Balaban J connectivity index is 0. The summed E-state index contributed by atoms with van der Waals surface area (Å²) in [4.78, 5) is 13.2. The van der Waals surface area contributed by atoms with Crippen molar-refractivity contribution < 1.29 is 82.3 Å². The van der Waals surface area contributed by atoms with Crippen LogP contribution in [0.15, 0.2) is 46.5 Å². The average molecular weight is 693 g/mol. The summed E-state index contributed by atoms with van der Waals surface area (Å²) < 4.78 is 118. The van der Waals surface area contributed by atoms with E-state index in [2.05, 4.69) is 25.4 Å². The molecule has 3 rings (SSSR count). The Kier molecular flexibility index (Phi) is 16.5. The summed E-state index contributed by atoms with van der Waals surface area (Å²) in [5.41, 5.74) is -9.31. The van der Waals surface area contributed by atoms with Gasteiger partial charge in [0.2, 0.25) is 0 Å². The molecule has 14 nitrogen and oxygen atoms in total. The van der Waals surface area contributed by atoms with Gasteiger partial charge in [0.25, 0.3) is 0 Å². The fourth-order valence-corrected chi connectivity index (χ4v) is 2.12. The van der Waals surface area contributed by atoms with Crippen molar-refractivity contribution in [1.29, 1.82) is 0 Å². The van der Waals surface area contributed by atoms with Gasteiger partial charge in [0.05, 0.1) is 29.8 Å². The predicted octanol–water partition coefficient (Wildman–Crippen LogP) is 0.138. The van der Waals surface area contributed by atoms with Crippen LogP contribution < -0.4 is 10.3 Å².